The summed E-state index contributed by atoms with van der Waals surface area (Å²) >= 11 is 6.26. The van der Waals surface area contributed by atoms with Crippen molar-refractivity contribution in [3.63, 3.8) is 0 Å². The van der Waals surface area contributed by atoms with Crippen molar-refractivity contribution in [2.24, 2.45) is 5.73 Å². The summed E-state index contributed by atoms with van der Waals surface area (Å²) in [5, 5.41) is 24.9. The third kappa shape index (κ3) is 8.96. The van der Waals surface area contributed by atoms with Gasteiger partial charge < -0.3 is 35.6 Å². The van der Waals surface area contributed by atoms with E-state index in [4.69, 9.17) is 26.8 Å². The van der Waals surface area contributed by atoms with E-state index in [2.05, 4.69) is 15.0 Å². The van der Waals surface area contributed by atoms with E-state index in [9.17, 15) is 33.4 Å². The van der Waals surface area contributed by atoms with Crippen molar-refractivity contribution in [2.45, 2.75) is 38.1 Å². The number of nitrogens with zero attached hydrogens (tertiary/aromatic N) is 2. The number of ether oxygens (including phenoxy) is 2. The Hall–Kier alpha value is -3.11. The van der Waals surface area contributed by atoms with Crippen molar-refractivity contribution < 1.29 is 42.9 Å². The number of anilines is 1. The fourth-order valence-electron chi connectivity index (χ4n) is 3.69. The van der Waals surface area contributed by atoms with Crippen molar-refractivity contribution in [3.05, 3.63) is 39.9 Å². The predicted octanol–water partition coefficient (Wildman–Crippen LogP) is 1.62. The molecule has 1 aromatic heterocycles. The predicted molar refractivity (Wildman–Crippen MR) is 137 cm³/mol. The zero-order chi connectivity index (χ0) is 28.5. The maximum atomic E-state index is 14.0. The fourth-order valence-corrected chi connectivity index (χ4v) is 4.61. The number of rotatable bonds is 12. The molecule has 1 aromatic carbocycles. The molecule has 2 unspecified atom stereocenters. The Morgan fingerprint density at radius 2 is 1.87 bits per heavy atom. The number of morpholine rings is 1. The van der Waals surface area contributed by atoms with Crippen LogP contribution >= 0.6 is 23.1 Å². The van der Waals surface area contributed by atoms with Gasteiger partial charge in [-0.3, -0.25) is 14.9 Å². The number of aliphatic hydroxyl groups is 2. The molecule has 1 aliphatic heterocycles. The van der Waals surface area contributed by atoms with Crippen molar-refractivity contribution in [3.8, 4) is 5.88 Å². The third-order valence-corrected chi connectivity index (χ3v) is 6.64. The maximum Gasteiger partial charge on any atom is 0.319 e. The molecule has 214 valence electrons. The molecule has 0 spiro atoms. The molecule has 1 fully saturated rings. The Bertz CT molecular complexity index is 1160. The molecule has 0 bridgehead atoms. The monoisotopic (exact) mass is 591 g/mol. The molecule has 12 nitrogen and oxygen atoms in total. The van der Waals surface area contributed by atoms with E-state index in [-0.39, 0.29) is 53.2 Å². The molecule has 1 aliphatic rings. The van der Waals surface area contributed by atoms with Gasteiger partial charge in [0.15, 0.2) is 0 Å². The number of carbonyl (C=O) groups is 3. The average molecular weight is 592 g/mol. The van der Waals surface area contributed by atoms with Crippen molar-refractivity contribution >= 4 is 46.0 Å². The second kappa shape index (κ2) is 14.3. The first-order chi connectivity index (χ1) is 18.5. The average Bonchev–Trinajstić information content (AvgIpc) is 3.26. The van der Waals surface area contributed by atoms with E-state index < -0.39 is 48.0 Å². The van der Waals surface area contributed by atoms with Crippen LogP contribution in [0.3, 0.4) is 0 Å². The number of carbonyl (C=O) groups excluding carboxylic acids is 3. The first kappa shape index (κ1) is 30.4. The van der Waals surface area contributed by atoms with Gasteiger partial charge in [0.05, 0.1) is 37.4 Å². The van der Waals surface area contributed by atoms with Crippen LogP contribution in [0.4, 0.5) is 18.6 Å². The van der Waals surface area contributed by atoms with Crippen LogP contribution in [0.15, 0.2) is 12.1 Å². The minimum absolute atomic E-state index is 0.000314. The number of hydrogen-bond donors (Lipinski definition) is 5. The minimum atomic E-state index is -1.05. The maximum absolute atomic E-state index is 14.0. The second-order valence-corrected chi connectivity index (χ2v) is 9.81. The first-order valence-corrected chi connectivity index (χ1v) is 13.0. The van der Waals surface area contributed by atoms with E-state index in [1.807, 2.05) is 0 Å². The highest BCUT2D eigenvalue weighted by atomic mass is 35.5. The lowest BCUT2D eigenvalue weighted by Gasteiger charge is -2.28. The lowest BCUT2D eigenvalue weighted by molar-refractivity contribution is -0.137. The highest BCUT2D eigenvalue weighted by Crippen LogP contribution is 2.31. The molecule has 3 rings (SSSR count). The van der Waals surface area contributed by atoms with Gasteiger partial charge in [-0.2, -0.15) is 4.37 Å². The Balaban J connectivity index is 1.45. The first-order valence-electron chi connectivity index (χ1n) is 11.9. The number of urea groups is 1. The van der Waals surface area contributed by atoms with Crippen LogP contribution in [-0.2, 0) is 16.1 Å². The van der Waals surface area contributed by atoms with Gasteiger partial charge in [0, 0.05) is 24.7 Å². The number of benzene rings is 1. The molecule has 1 saturated heterocycles. The number of aromatic nitrogens is 1. The number of halogens is 3. The summed E-state index contributed by atoms with van der Waals surface area (Å²) in [5.41, 5.74) is 4.64. The van der Waals surface area contributed by atoms with Gasteiger partial charge in [-0.25, -0.2) is 13.6 Å². The van der Waals surface area contributed by atoms with Crippen LogP contribution in [0.1, 0.15) is 35.2 Å². The van der Waals surface area contributed by atoms with Gasteiger partial charge >= 0.3 is 6.03 Å². The fraction of sp³-hybridized carbons (Fsp3) is 0.478. The molecule has 4 amide bonds. The van der Waals surface area contributed by atoms with E-state index in [1.54, 1.807) is 4.90 Å². The number of amides is 4. The van der Waals surface area contributed by atoms with Crippen LogP contribution < -0.4 is 21.1 Å². The highest BCUT2D eigenvalue weighted by molar-refractivity contribution is 7.11. The minimum Gasteiger partial charge on any atom is -0.471 e. The summed E-state index contributed by atoms with van der Waals surface area (Å²) in [4.78, 5) is 38.0. The van der Waals surface area contributed by atoms with E-state index in [0.29, 0.717) is 37.8 Å². The zero-order valence-corrected chi connectivity index (χ0v) is 22.2. The lowest BCUT2D eigenvalue weighted by atomic mass is 10.1. The van der Waals surface area contributed by atoms with Gasteiger partial charge in [-0.05, 0) is 36.5 Å². The summed E-state index contributed by atoms with van der Waals surface area (Å²) in [5.74, 6) is -3.45. The second-order valence-electron chi connectivity index (χ2n) is 8.60. The molecule has 2 heterocycles. The SMILES string of the molecule is NC(=O)c1c(OCc2c(F)cc(Cl)cc2F)nsc1NC(=O)NCCC(O)CC(O)CC(=O)N1CCOCC1. The molecule has 39 heavy (non-hydrogen) atoms. The summed E-state index contributed by atoms with van der Waals surface area (Å²) in [6.45, 7) is 1.18. The number of primary amides is 1. The Labute approximate surface area is 231 Å². The molecule has 0 radical (unpaired) electrons. The van der Waals surface area contributed by atoms with Crippen LogP contribution in [0.25, 0.3) is 0 Å². The van der Waals surface area contributed by atoms with Gasteiger partial charge in [0.1, 0.15) is 28.8 Å². The number of aliphatic hydroxyl groups excluding tert-OH is 2. The van der Waals surface area contributed by atoms with Gasteiger partial charge in [0.25, 0.3) is 5.91 Å². The third-order valence-electron chi connectivity index (χ3n) is 5.67. The summed E-state index contributed by atoms with van der Waals surface area (Å²) in [6, 6.07) is 1.05. The highest BCUT2D eigenvalue weighted by Gasteiger charge is 2.24. The van der Waals surface area contributed by atoms with Crippen LogP contribution in [0.5, 0.6) is 5.88 Å². The number of hydrogen-bond acceptors (Lipinski definition) is 9. The molecule has 0 aliphatic carbocycles. The van der Waals surface area contributed by atoms with Gasteiger partial charge in [0.2, 0.25) is 11.8 Å². The van der Waals surface area contributed by atoms with Gasteiger partial charge in [-0.15, -0.1) is 0 Å². The summed E-state index contributed by atoms with van der Waals surface area (Å²) in [6.07, 6.45) is -2.15. The standard InChI is InChI=1S/C23H28ClF2N5O7S/c24-12-7-16(25)15(17(26)8-12)11-38-21-19(20(27)35)22(39-30-21)29-23(36)28-2-1-13(32)9-14(33)10-18(34)31-3-5-37-6-4-31/h7-8,13-14,32-33H,1-6,9-11H2,(H2,27,35)(H2,28,29,36). The summed E-state index contributed by atoms with van der Waals surface area (Å²) in [7, 11) is 0. The van der Waals surface area contributed by atoms with Crippen molar-refractivity contribution in [1.29, 1.82) is 0 Å². The summed E-state index contributed by atoms with van der Waals surface area (Å²) < 4.78 is 42.3. The molecule has 2 aromatic rings. The van der Waals surface area contributed by atoms with Crippen LogP contribution in [0.2, 0.25) is 5.02 Å². The lowest BCUT2D eigenvalue weighted by Crippen LogP contribution is -2.42. The Kier molecular flexibility index (Phi) is 11.2. The van der Waals surface area contributed by atoms with E-state index >= 15 is 0 Å². The molecule has 16 heteroatoms. The quantitative estimate of drug-likeness (QED) is 0.247. The molecular formula is C23H28ClF2N5O7S. The van der Waals surface area contributed by atoms with Crippen molar-refractivity contribution in [1.82, 2.24) is 14.6 Å². The van der Waals surface area contributed by atoms with Crippen molar-refractivity contribution in [2.75, 3.05) is 38.2 Å². The van der Waals surface area contributed by atoms with Crippen LogP contribution in [-0.4, -0.2) is 82.4 Å². The Morgan fingerprint density at radius 3 is 2.51 bits per heavy atom. The van der Waals surface area contributed by atoms with E-state index in [1.165, 1.54) is 0 Å². The van der Waals surface area contributed by atoms with Gasteiger partial charge in [-0.1, -0.05) is 11.6 Å². The number of nitrogens with one attached hydrogen (secondary N) is 2. The van der Waals surface area contributed by atoms with Crippen LogP contribution in [0, 0.1) is 11.6 Å². The smallest absolute Gasteiger partial charge is 0.319 e. The molecular weight excluding hydrogens is 564 g/mol. The largest absolute Gasteiger partial charge is 0.471 e. The molecule has 6 N–H and O–H groups in total. The van der Waals surface area contributed by atoms with E-state index in [0.717, 1.165) is 12.1 Å². The number of nitrogens with two attached hydrogens (primary N) is 1. The Morgan fingerprint density at radius 1 is 1.21 bits per heavy atom. The molecule has 0 saturated carbocycles. The topological polar surface area (TPSA) is 176 Å². The molecule has 2 atom stereocenters. The zero-order valence-electron chi connectivity index (χ0n) is 20.6. The normalized spacial score (nSPS) is 14.9.